The lowest BCUT2D eigenvalue weighted by Crippen LogP contribution is -2.52. The molecule has 1 aliphatic rings. The summed E-state index contributed by atoms with van der Waals surface area (Å²) >= 11 is 0. The largest absolute Gasteiger partial charge is 0.341 e. The number of carbonyl (C=O) groups excluding carboxylic acids is 2. The van der Waals surface area contributed by atoms with Crippen molar-refractivity contribution < 1.29 is 9.59 Å². The van der Waals surface area contributed by atoms with Gasteiger partial charge in [-0.3, -0.25) is 9.59 Å². The van der Waals surface area contributed by atoms with Crippen LogP contribution in [0.4, 0.5) is 0 Å². The van der Waals surface area contributed by atoms with E-state index in [1.165, 1.54) is 0 Å². The van der Waals surface area contributed by atoms with E-state index in [2.05, 4.69) is 5.32 Å². The number of piperidine rings is 1. The molecule has 26 heavy (non-hydrogen) atoms. The Bertz CT molecular complexity index is 725. The van der Waals surface area contributed by atoms with Gasteiger partial charge < -0.3 is 16.0 Å². The van der Waals surface area contributed by atoms with Crippen LogP contribution in [0.15, 0.2) is 60.7 Å². The lowest BCUT2D eigenvalue weighted by molar-refractivity contribution is -0.134. The minimum absolute atomic E-state index is 0.0370. The summed E-state index contributed by atoms with van der Waals surface area (Å²) in [5, 5.41) is 2.93. The molecule has 0 radical (unpaired) electrons. The molecule has 2 aromatic carbocycles. The van der Waals surface area contributed by atoms with Gasteiger partial charge in [0, 0.05) is 31.1 Å². The summed E-state index contributed by atoms with van der Waals surface area (Å²) in [5.41, 5.74) is 7.52. The van der Waals surface area contributed by atoms with E-state index in [4.69, 9.17) is 5.73 Å². The van der Waals surface area contributed by atoms with E-state index in [9.17, 15) is 9.59 Å². The fraction of sp³-hybridized carbons (Fsp3) is 0.333. The third-order valence-electron chi connectivity index (χ3n) is 4.77. The van der Waals surface area contributed by atoms with Crippen LogP contribution in [-0.2, 0) is 11.2 Å². The number of hydrogen-bond acceptors (Lipinski definition) is 3. The quantitative estimate of drug-likeness (QED) is 0.865. The Hall–Kier alpha value is -2.66. The third-order valence-corrected chi connectivity index (χ3v) is 4.77. The minimum Gasteiger partial charge on any atom is -0.341 e. The van der Waals surface area contributed by atoms with Gasteiger partial charge in [-0.2, -0.15) is 0 Å². The Balaban J connectivity index is 1.75. The molecule has 1 atom stereocenters. The van der Waals surface area contributed by atoms with Crippen LogP contribution in [0.1, 0.15) is 28.8 Å². The molecule has 0 spiro atoms. The van der Waals surface area contributed by atoms with E-state index in [1.807, 2.05) is 53.4 Å². The van der Waals surface area contributed by atoms with Crippen LogP contribution in [0.25, 0.3) is 0 Å². The van der Waals surface area contributed by atoms with E-state index < -0.39 is 6.04 Å². The fourth-order valence-electron chi connectivity index (χ4n) is 3.22. The zero-order valence-electron chi connectivity index (χ0n) is 14.8. The molecule has 1 fully saturated rings. The molecular formula is C21H25N3O2. The average Bonchev–Trinajstić information content (AvgIpc) is 2.69. The van der Waals surface area contributed by atoms with Gasteiger partial charge >= 0.3 is 0 Å². The van der Waals surface area contributed by atoms with Gasteiger partial charge in [-0.05, 0) is 30.5 Å². The molecular weight excluding hydrogens is 326 g/mol. The summed E-state index contributed by atoms with van der Waals surface area (Å²) in [6.45, 7) is 1.29. The molecule has 2 amide bonds. The molecule has 5 heteroatoms. The number of nitrogens with zero attached hydrogens (tertiary/aromatic N) is 1. The highest BCUT2D eigenvalue weighted by Gasteiger charge is 2.28. The van der Waals surface area contributed by atoms with Crippen molar-refractivity contribution in [3.05, 3.63) is 71.8 Å². The molecule has 1 aliphatic heterocycles. The van der Waals surface area contributed by atoms with Gasteiger partial charge in [-0.1, -0.05) is 48.5 Å². The molecule has 1 heterocycles. The average molecular weight is 351 g/mol. The maximum Gasteiger partial charge on any atom is 0.251 e. The Morgan fingerprint density at radius 2 is 1.58 bits per heavy atom. The van der Waals surface area contributed by atoms with Gasteiger partial charge in [0.05, 0.1) is 0 Å². The summed E-state index contributed by atoms with van der Waals surface area (Å²) in [6, 6.07) is 18.3. The lowest BCUT2D eigenvalue weighted by atomic mass is 10.0. The molecule has 0 aliphatic carbocycles. The van der Waals surface area contributed by atoms with Gasteiger partial charge in [0.2, 0.25) is 5.91 Å². The Morgan fingerprint density at radius 1 is 1.00 bits per heavy atom. The van der Waals surface area contributed by atoms with Gasteiger partial charge in [-0.15, -0.1) is 0 Å². The second-order valence-electron chi connectivity index (χ2n) is 6.74. The van der Waals surface area contributed by atoms with Gasteiger partial charge in [-0.25, -0.2) is 0 Å². The molecule has 3 N–H and O–H groups in total. The summed E-state index contributed by atoms with van der Waals surface area (Å²) in [4.78, 5) is 27.5. The smallest absolute Gasteiger partial charge is 0.251 e. The first-order valence-electron chi connectivity index (χ1n) is 9.07. The molecule has 5 nitrogen and oxygen atoms in total. The Labute approximate surface area is 154 Å². The first kappa shape index (κ1) is 18.1. The number of hydrogen-bond donors (Lipinski definition) is 2. The molecule has 1 unspecified atom stereocenters. The number of carbonyl (C=O) groups is 2. The highest BCUT2D eigenvalue weighted by Crippen LogP contribution is 2.13. The van der Waals surface area contributed by atoms with Crippen molar-refractivity contribution in [1.82, 2.24) is 10.2 Å². The fourth-order valence-corrected chi connectivity index (χ4v) is 3.22. The Morgan fingerprint density at radius 3 is 2.19 bits per heavy atom. The summed E-state index contributed by atoms with van der Waals surface area (Å²) in [7, 11) is 0. The maximum absolute atomic E-state index is 13.0. The number of benzene rings is 2. The van der Waals surface area contributed by atoms with Crippen LogP contribution in [0.2, 0.25) is 0 Å². The monoisotopic (exact) mass is 351 g/mol. The van der Waals surface area contributed by atoms with Crippen molar-refractivity contribution in [2.75, 3.05) is 13.1 Å². The second kappa shape index (κ2) is 8.63. The van der Waals surface area contributed by atoms with Crippen LogP contribution in [-0.4, -0.2) is 41.9 Å². The highest BCUT2D eigenvalue weighted by atomic mass is 16.2. The molecule has 1 saturated heterocycles. The van der Waals surface area contributed by atoms with Crippen molar-refractivity contribution in [1.29, 1.82) is 0 Å². The van der Waals surface area contributed by atoms with Gasteiger partial charge in [0.25, 0.3) is 5.91 Å². The van der Waals surface area contributed by atoms with Crippen molar-refractivity contribution in [2.45, 2.75) is 31.3 Å². The van der Waals surface area contributed by atoms with Gasteiger partial charge in [0.1, 0.15) is 6.04 Å². The molecule has 0 saturated carbocycles. The molecule has 0 bridgehead atoms. The number of amides is 2. The first-order valence-corrected chi connectivity index (χ1v) is 9.07. The third kappa shape index (κ3) is 4.70. The molecule has 2 aromatic rings. The summed E-state index contributed by atoms with van der Waals surface area (Å²) < 4.78 is 0. The first-order chi connectivity index (χ1) is 12.6. The zero-order chi connectivity index (χ0) is 18.4. The number of likely N-dealkylation sites (tertiary alicyclic amines) is 1. The standard InChI is InChI=1S/C21H25N3O2/c22-18-11-13-24(14-12-18)21(26)19(15-16-7-3-1-4-8-16)23-20(25)17-9-5-2-6-10-17/h1-10,18-19H,11-15,22H2,(H,23,25). The van der Waals surface area contributed by atoms with E-state index in [0.29, 0.717) is 25.1 Å². The second-order valence-corrected chi connectivity index (χ2v) is 6.74. The highest BCUT2D eigenvalue weighted by molar-refractivity contribution is 5.97. The number of rotatable bonds is 5. The normalized spacial score (nSPS) is 16.1. The van der Waals surface area contributed by atoms with E-state index >= 15 is 0 Å². The number of nitrogens with one attached hydrogen (secondary N) is 1. The number of nitrogens with two attached hydrogens (primary N) is 1. The van der Waals surface area contributed by atoms with Crippen LogP contribution in [0, 0.1) is 0 Å². The SMILES string of the molecule is NC1CCN(C(=O)C(Cc2ccccc2)NC(=O)c2ccccc2)CC1. The predicted octanol–water partition coefficient (Wildman–Crippen LogP) is 1.98. The summed E-state index contributed by atoms with van der Waals surface area (Å²) in [6.07, 6.45) is 2.08. The molecule has 3 rings (SSSR count). The topological polar surface area (TPSA) is 75.4 Å². The van der Waals surface area contributed by atoms with Crippen LogP contribution in [0.5, 0.6) is 0 Å². The summed E-state index contributed by atoms with van der Waals surface area (Å²) in [5.74, 6) is -0.265. The van der Waals surface area contributed by atoms with Crippen molar-refractivity contribution in [3.63, 3.8) is 0 Å². The van der Waals surface area contributed by atoms with E-state index in [0.717, 1.165) is 18.4 Å². The van der Waals surface area contributed by atoms with E-state index in [-0.39, 0.29) is 17.9 Å². The zero-order valence-corrected chi connectivity index (χ0v) is 14.8. The van der Waals surface area contributed by atoms with Crippen molar-refractivity contribution in [2.24, 2.45) is 5.73 Å². The molecule has 0 aromatic heterocycles. The van der Waals surface area contributed by atoms with Crippen molar-refractivity contribution in [3.8, 4) is 0 Å². The van der Waals surface area contributed by atoms with Crippen LogP contribution < -0.4 is 11.1 Å². The van der Waals surface area contributed by atoms with Crippen LogP contribution in [0.3, 0.4) is 0 Å². The predicted molar refractivity (Wildman–Crippen MR) is 102 cm³/mol. The lowest BCUT2D eigenvalue weighted by Gasteiger charge is -2.33. The Kier molecular flexibility index (Phi) is 6.02. The maximum atomic E-state index is 13.0. The van der Waals surface area contributed by atoms with E-state index in [1.54, 1.807) is 12.1 Å². The van der Waals surface area contributed by atoms with Crippen molar-refractivity contribution >= 4 is 11.8 Å². The van der Waals surface area contributed by atoms with Crippen LogP contribution >= 0.6 is 0 Å². The van der Waals surface area contributed by atoms with Gasteiger partial charge in [0.15, 0.2) is 0 Å². The minimum atomic E-state index is -0.584. The molecule has 136 valence electrons.